The molecule has 1 heterocycles. The Morgan fingerprint density at radius 1 is 1.08 bits per heavy atom. The van der Waals surface area contributed by atoms with Crippen LogP contribution in [0.15, 0.2) is 0 Å². The molecule has 0 radical (unpaired) electrons. The van der Waals surface area contributed by atoms with Crippen LogP contribution < -0.4 is 5.32 Å². The standard InChI is InChI=1S/C20H40N2O3/c1-3-4-5-6-7-8-9-10-11-12-13-20(18(2)23,16-19(24)25)22-15-14-21-17-22/h18,21,23H,3-17H2,1-2H3,(H,24,25). The molecule has 1 rings (SSSR count). The van der Waals surface area contributed by atoms with Crippen molar-refractivity contribution in [1.82, 2.24) is 10.2 Å². The van der Waals surface area contributed by atoms with Crippen LogP contribution in [0.2, 0.25) is 0 Å². The first kappa shape index (κ1) is 22.4. The molecule has 1 aliphatic rings. The predicted molar refractivity (Wildman–Crippen MR) is 103 cm³/mol. The molecule has 25 heavy (non-hydrogen) atoms. The van der Waals surface area contributed by atoms with Gasteiger partial charge in [0, 0.05) is 19.8 Å². The van der Waals surface area contributed by atoms with Crippen molar-refractivity contribution < 1.29 is 15.0 Å². The molecule has 1 fully saturated rings. The van der Waals surface area contributed by atoms with Crippen LogP contribution in [0.5, 0.6) is 0 Å². The second kappa shape index (κ2) is 12.7. The number of aliphatic hydroxyl groups is 1. The maximum Gasteiger partial charge on any atom is 0.305 e. The van der Waals surface area contributed by atoms with Crippen molar-refractivity contribution >= 4 is 5.97 Å². The van der Waals surface area contributed by atoms with E-state index in [0.717, 1.165) is 32.4 Å². The van der Waals surface area contributed by atoms with E-state index in [1.54, 1.807) is 6.92 Å². The van der Waals surface area contributed by atoms with Gasteiger partial charge in [-0.15, -0.1) is 0 Å². The second-order valence-corrected chi connectivity index (χ2v) is 7.70. The lowest BCUT2D eigenvalue weighted by Gasteiger charge is -2.43. The van der Waals surface area contributed by atoms with Gasteiger partial charge in [0.05, 0.1) is 18.1 Å². The molecule has 2 atom stereocenters. The predicted octanol–water partition coefficient (Wildman–Crippen LogP) is 3.75. The van der Waals surface area contributed by atoms with E-state index in [1.165, 1.54) is 51.4 Å². The molecule has 2 unspecified atom stereocenters. The highest BCUT2D eigenvalue weighted by atomic mass is 16.4. The molecule has 5 heteroatoms. The van der Waals surface area contributed by atoms with Crippen molar-refractivity contribution in [2.45, 2.75) is 103 Å². The number of hydrogen-bond donors (Lipinski definition) is 3. The van der Waals surface area contributed by atoms with Crippen LogP contribution >= 0.6 is 0 Å². The molecule has 0 aromatic rings. The average molecular weight is 357 g/mol. The van der Waals surface area contributed by atoms with E-state index in [4.69, 9.17) is 0 Å². The van der Waals surface area contributed by atoms with Crippen molar-refractivity contribution in [2.24, 2.45) is 0 Å². The molecule has 0 spiro atoms. The summed E-state index contributed by atoms with van der Waals surface area (Å²) in [5, 5.41) is 23.0. The number of nitrogens with zero attached hydrogens (tertiary/aromatic N) is 1. The quantitative estimate of drug-likeness (QED) is 0.390. The maximum atomic E-state index is 11.4. The number of nitrogens with one attached hydrogen (secondary N) is 1. The van der Waals surface area contributed by atoms with Gasteiger partial charge in [-0.1, -0.05) is 71.1 Å². The summed E-state index contributed by atoms with van der Waals surface area (Å²) in [4.78, 5) is 13.5. The number of aliphatic hydroxyl groups excluding tert-OH is 1. The molecule has 0 bridgehead atoms. The van der Waals surface area contributed by atoms with Crippen molar-refractivity contribution in [3.63, 3.8) is 0 Å². The normalized spacial score (nSPS) is 19.0. The van der Waals surface area contributed by atoms with Crippen LogP contribution in [0, 0.1) is 0 Å². The summed E-state index contributed by atoms with van der Waals surface area (Å²) in [7, 11) is 0. The van der Waals surface area contributed by atoms with Gasteiger partial charge >= 0.3 is 5.97 Å². The minimum absolute atomic E-state index is 0.0176. The summed E-state index contributed by atoms with van der Waals surface area (Å²) in [6, 6.07) is 0. The third-order valence-electron chi connectivity index (χ3n) is 5.69. The van der Waals surface area contributed by atoms with E-state index >= 15 is 0 Å². The zero-order chi connectivity index (χ0) is 18.5. The summed E-state index contributed by atoms with van der Waals surface area (Å²) in [6.45, 7) is 6.35. The number of hydrogen-bond acceptors (Lipinski definition) is 4. The molecule has 1 aliphatic heterocycles. The van der Waals surface area contributed by atoms with Crippen LogP contribution in [0.1, 0.15) is 90.9 Å². The molecule has 3 N–H and O–H groups in total. The first-order valence-electron chi connectivity index (χ1n) is 10.4. The minimum Gasteiger partial charge on any atom is -0.481 e. The summed E-state index contributed by atoms with van der Waals surface area (Å²) < 4.78 is 0. The smallest absolute Gasteiger partial charge is 0.305 e. The third kappa shape index (κ3) is 8.06. The van der Waals surface area contributed by atoms with E-state index in [9.17, 15) is 15.0 Å². The summed E-state index contributed by atoms with van der Waals surface area (Å²) in [5.74, 6) is -0.820. The Balaban J connectivity index is 2.31. The Labute approximate surface area is 154 Å². The highest BCUT2D eigenvalue weighted by Gasteiger charge is 2.43. The first-order chi connectivity index (χ1) is 12.0. The third-order valence-corrected chi connectivity index (χ3v) is 5.69. The fraction of sp³-hybridized carbons (Fsp3) is 0.950. The van der Waals surface area contributed by atoms with Crippen molar-refractivity contribution in [1.29, 1.82) is 0 Å². The van der Waals surface area contributed by atoms with Crippen molar-refractivity contribution in [3.8, 4) is 0 Å². The number of aliphatic carboxylic acids is 1. The topological polar surface area (TPSA) is 72.8 Å². The molecule has 0 amide bonds. The van der Waals surface area contributed by atoms with Gasteiger partial charge in [-0.25, -0.2) is 0 Å². The van der Waals surface area contributed by atoms with E-state index in [1.807, 2.05) is 0 Å². The van der Waals surface area contributed by atoms with E-state index in [-0.39, 0.29) is 6.42 Å². The van der Waals surface area contributed by atoms with E-state index in [2.05, 4.69) is 17.1 Å². The Hall–Kier alpha value is -0.650. The van der Waals surface area contributed by atoms with Crippen LogP contribution in [0.25, 0.3) is 0 Å². The highest BCUT2D eigenvalue weighted by Crippen LogP contribution is 2.31. The van der Waals surface area contributed by atoms with Gasteiger partial charge < -0.3 is 15.5 Å². The van der Waals surface area contributed by atoms with Crippen molar-refractivity contribution in [3.05, 3.63) is 0 Å². The van der Waals surface area contributed by atoms with Crippen LogP contribution in [-0.4, -0.2) is 52.5 Å². The summed E-state index contributed by atoms with van der Waals surface area (Å²) in [6.07, 6.45) is 12.8. The van der Waals surface area contributed by atoms with E-state index < -0.39 is 17.6 Å². The fourth-order valence-electron chi connectivity index (χ4n) is 4.05. The molecular formula is C20H40N2O3. The number of carboxylic acid groups (broad SMARTS) is 1. The number of unbranched alkanes of at least 4 members (excludes halogenated alkanes) is 9. The van der Waals surface area contributed by atoms with Gasteiger partial charge in [0.25, 0.3) is 0 Å². The van der Waals surface area contributed by atoms with Gasteiger partial charge in [0.2, 0.25) is 0 Å². The Bertz CT molecular complexity index is 357. The van der Waals surface area contributed by atoms with Crippen LogP contribution in [-0.2, 0) is 4.79 Å². The Morgan fingerprint density at radius 3 is 2.08 bits per heavy atom. The Morgan fingerprint density at radius 2 is 1.64 bits per heavy atom. The average Bonchev–Trinajstić information content (AvgIpc) is 3.09. The second-order valence-electron chi connectivity index (χ2n) is 7.70. The molecule has 5 nitrogen and oxygen atoms in total. The van der Waals surface area contributed by atoms with Crippen LogP contribution in [0.4, 0.5) is 0 Å². The maximum absolute atomic E-state index is 11.4. The first-order valence-corrected chi connectivity index (χ1v) is 10.4. The lowest BCUT2D eigenvalue weighted by atomic mass is 9.82. The molecule has 0 aliphatic carbocycles. The number of carbonyl (C=O) groups is 1. The lowest BCUT2D eigenvalue weighted by Crippen LogP contribution is -2.56. The van der Waals surface area contributed by atoms with Gasteiger partial charge in [-0.3, -0.25) is 9.69 Å². The molecule has 148 valence electrons. The number of rotatable bonds is 15. The van der Waals surface area contributed by atoms with Gasteiger partial charge in [-0.2, -0.15) is 0 Å². The highest BCUT2D eigenvalue weighted by molar-refractivity contribution is 5.68. The van der Waals surface area contributed by atoms with E-state index in [0.29, 0.717) is 6.67 Å². The molecule has 0 aromatic heterocycles. The molecule has 0 saturated carbocycles. The summed E-state index contributed by atoms with van der Waals surface area (Å²) >= 11 is 0. The van der Waals surface area contributed by atoms with Crippen LogP contribution in [0.3, 0.4) is 0 Å². The summed E-state index contributed by atoms with van der Waals surface area (Å²) in [5.41, 5.74) is -0.629. The minimum atomic E-state index is -0.820. The zero-order valence-corrected chi connectivity index (χ0v) is 16.4. The monoisotopic (exact) mass is 356 g/mol. The van der Waals surface area contributed by atoms with Gasteiger partial charge in [0.15, 0.2) is 0 Å². The van der Waals surface area contributed by atoms with Gasteiger partial charge in [0.1, 0.15) is 0 Å². The largest absolute Gasteiger partial charge is 0.481 e. The molecular weight excluding hydrogens is 316 g/mol. The number of carboxylic acids is 1. The van der Waals surface area contributed by atoms with Gasteiger partial charge in [-0.05, 0) is 13.3 Å². The lowest BCUT2D eigenvalue weighted by molar-refractivity contribution is -0.143. The molecule has 1 saturated heterocycles. The zero-order valence-electron chi connectivity index (χ0n) is 16.4. The molecule has 0 aromatic carbocycles. The SMILES string of the molecule is CCCCCCCCCCCCC(CC(=O)O)(C(C)O)N1CCNC1. The Kier molecular flexibility index (Phi) is 11.3. The fourth-order valence-corrected chi connectivity index (χ4v) is 4.05. The van der Waals surface area contributed by atoms with Crippen molar-refractivity contribution in [2.75, 3.05) is 19.8 Å².